The molecule has 0 bridgehead atoms. The molecule has 1 aromatic carbocycles. The maximum Gasteiger partial charge on any atom is 0.324 e. The smallest absolute Gasteiger partial charge is 0.324 e. The lowest BCUT2D eigenvalue weighted by Gasteiger charge is -2.34. The monoisotopic (exact) mass is 286 g/mol. The fraction of sp³-hybridized carbons (Fsp3) is 0.412. The molecule has 0 amide bonds. The molecule has 1 saturated heterocycles. The van der Waals surface area contributed by atoms with Gasteiger partial charge in [-0.05, 0) is 18.6 Å². The van der Waals surface area contributed by atoms with E-state index in [1.807, 2.05) is 37.3 Å². The van der Waals surface area contributed by atoms with Crippen LogP contribution in [0.25, 0.3) is 0 Å². The molecular formula is C17H18O4. The first-order chi connectivity index (χ1) is 9.93. The lowest BCUT2D eigenvalue weighted by molar-refractivity contribution is -0.241. The minimum absolute atomic E-state index is 0.415. The molecule has 1 aliphatic rings. The molecule has 110 valence electrons. The lowest BCUT2D eigenvalue weighted by Crippen LogP contribution is -2.48. The quantitative estimate of drug-likeness (QED) is 0.476. The second-order valence-electron chi connectivity index (χ2n) is 5.37. The van der Waals surface area contributed by atoms with E-state index in [2.05, 4.69) is 11.8 Å². The Balaban J connectivity index is 2.20. The molecule has 4 heteroatoms. The third-order valence-corrected chi connectivity index (χ3v) is 3.22. The van der Waals surface area contributed by atoms with Gasteiger partial charge in [0.25, 0.3) is 5.79 Å². The Morgan fingerprint density at radius 1 is 1.14 bits per heavy atom. The van der Waals surface area contributed by atoms with E-state index in [4.69, 9.17) is 9.47 Å². The third kappa shape index (κ3) is 3.63. The van der Waals surface area contributed by atoms with Crippen LogP contribution >= 0.6 is 0 Å². The first-order valence-corrected chi connectivity index (χ1v) is 6.95. The maximum absolute atomic E-state index is 12.0. The van der Waals surface area contributed by atoms with E-state index in [1.165, 1.54) is 13.8 Å². The summed E-state index contributed by atoms with van der Waals surface area (Å²) in [7, 11) is 0. The van der Waals surface area contributed by atoms with Crippen LogP contribution in [0.2, 0.25) is 0 Å². The second kappa shape index (κ2) is 6.01. The number of carbonyl (C=O) groups excluding carboxylic acids is 2. The van der Waals surface area contributed by atoms with Crippen LogP contribution in [-0.4, -0.2) is 17.7 Å². The van der Waals surface area contributed by atoms with Crippen molar-refractivity contribution in [2.45, 2.75) is 33.0 Å². The summed E-state index contributed by atoms with van der Waals surface area (Å²) in [6.07, 6.45) is 0.565. The molecule has 1 aliphatic heterocycles. The highest BCUT2D eigenvalue weighted by Gasteiger charge is 2.46. The van der Waals surface area contributed by atoms with Crippen molar-refractivity contribution in [3.8, 4) is 11.8 Å². The predicted octanol–water partition coefficient (Wildman–Crippen LogP) is 2.52. The van der Waals surface area contributed by atoms with Gasteiger partial charge in [0.1, 0.15) is 0 Å². The average molecular weight is 286 g/mol. The van der Waals surface area contributed by atoms with Crippen molar-refractivity contribution in [1.82, 2.24) is 0 Å². The number of esters is 2. The van der Waals surface area contributed by atoms with Gasteiger partial charge in [-0.1, -0.05) is 37.0 Å². The summed E-state index contributed by atoms with van der Waals surface area (Å²) in [5.74, 6) is 2.27. The number of ether oxygens (including phenoxy) is 2. The van der Waals surface area contributed by atoms with Gasteiger partial charge in [-0.3, -0.25) is 9.59 Å². The third-order valence-electron chi connectivity index (χ3n) is 3.22. The van der Waals surface area contributed by atoms with Crippen LogP contribution in [0.15, 0.2) is 30.3 Å². The zero-order valence-corrected chi connectivity index (χ0v) is 12.4. The van der Waals surface area contributed by atoms with Gasteiger partial charge in [0.15, 0.2) is 5.92 Å². The summed E-state index contributed by atoms with van der Waals surface area (Å²) >= 11 is 0. The van der Waals surface area contributed by atoms with Gasteiger partial charge >= 0.3 is 11.9 Å². The Morgan fingerprint density at radius 3 is 2.24 bits per heavy atom. The van der Waals surface area contributed by atoms with Crippen LogP contribution in [0.1, 0.15) is 32.8 Å². The molecular weight excluding hydrogens is 268 g/mol. The molecule has 0 unspecified atom stereocenters. The van der Waals surface area contributed by atoms with Crippen molar-refractivity contribution in [3.05, 3.63) is 35.9 Å². The van der Waals surface area contributed by atoms with E-state index in [9.17, 15) is 9.59 Å². The Hall–Kier alpha value is -2.28. The summed E-state index contributed by atoms with van der Waals surface area (Å²) in [6, 6.07) is 9.42. The van der Waals surface area contributed by atoms with Crippen molar-refractivity contribution in [1.29, 1.82) is 0 Å². The number of carbonyl (C=O) groups is 2. The van der Waals surface area contributed by atoms with Crippen LogP contribution < -0.4 is 0 Å². The van der Waals surface area contributed by atoms with E-state index in [0.717, 1.165) is 5.56 Å². The minimum Gasteiger partial charge on any atom is -0.422 e. The van der Waals surface area contributed by atoms with E-state index < -0.39 is 29.6 Å². The predicted molar refractivity (Wildman–Crippen MR) is 76.9 cm³/mol. The second-order valence-corrected chi connectivity index (χ2v) is 5.37. The fourth-order valence-electron chi connectivity index (χ4n) is 2.18. The van der Waals surface area contributed by atoms with E-state index in [1.54, 1.807) is 0 Å². The van der Waals surface area contributed by atoms with Gasteiger partial charge in [-0.25, -0.2) is 0 Å². The first-order valence-electron chi connectivity index (χ1n) is 6.95. The summed E-state index contributed by atoms with van der Waals surface area (Å²) in [6.45, 7) is 4.95. The zero-order valence-electron chi connectivity index (χ0n) is 12.4. The van der Waals surface area contributed by atoms with Crippen LogP contribution in [0.5, 0.6) is 0 Å². The molecule has 4 nitrogen and oxygen atoms in total. The van der Waals surface area contributed by atoms with Crippen molar-refractivity contribution in [2.75, 3.05) is 0 Å². The number of cyclic esters (lactones) is 2. The molecule has 0 spiro atoms. The number of benzene rings is 1. The largest absolute Gasteiger partial charge is 0.422 e. The zero-order chi connectivity index (χ0) is 15.5. The molecule has 0 saturated carbocycles. The van der Waals surface area contributed by atoms with Gasteiger partial charge < -0.3 is 9.47 Å². The molecule has 1 aromatic rings. The van der Waals surface area contributed by atoms with Crippen LogP contribution in [-0.2, 0) is 19.1 Å². The van der Waals surface area contributed by atoms with Crippen molar-refractivity contribution in [2.24, 2.45) is 11.8 Å². The van der Waals surface area contributed by atoms with Crippen LogP contribution in [0.3, 0.4) is 0 Å². The maximum atomic E-state index is 12.0. The molecule has 2 rings (SSSR count). The standard InChI is InChI=1S/C17H18O4/c1-4-13(11-10-12-8-6-5-7-9-12)14-15(18)20-17(2,3)21-16(14)19/h5-9,13-14H,4H2,1-3H3/t13-/m0/s1. The summed E-state index contributed by atoms with van der Waals surface area (Å²) < 4.78 is 10.3. The number of rotatable bonds is 2. The van der Waals surface area contributed by atoms with Gasteiger partial charge in [-0.2, -0.15) is 0 Å². The number of hydrogen-bond acceptors (Lipinski definition) is 4. The topological polar surface area (TPSA) is 52.6 Å². The molecule has 1 heterocycles. The highest BCUT2D eigenvalue weighted by Crippen LogP contribution is 2.29. The molecule has 0 N–H and O–H groups in total. The van der Waals surface area contributed by atoms with Gasteiger partial charge in [0, 0.05) is 25.3 Å². The van der Waals surface area contributed by atoms with E-state index >= 15 is 0 Å². The summed E-state index contributed by atoms with van der Waals surface area (Å²) in [4.78, 5) is 24.1. The minimum atomic E-state index is -1.20. The van der Waals surface area contributed by atoms with Crippen LogP contribution in [0, 0.1) is 23.7 Å². The van der Waals surface area contributed by atoms with Crippen molar-refractivity contribution >= 4 is 11.9 Å². The summed E-state index contributed by atoms with van der Waals surface area (Å²) in [5, 5.41) is 0. The first kappa shape index (κ1) is 15.1. The molecule has 1 atom stereocenters. The molecule has 1 fully saturated rings. The highest BCUT2D eigenvalue weighted by molar-refractivity contribution is 5.97. The highest BCUT2D eigenvalue weighted by atomic mass is 16.7. The molecule has 21 heavy (non-hydrogen) atoms. The SMILES string of the molecule is CC[C@@H](C#Cc1ccccc1)C1C(=O)OC(C)(C)OC1=O. The fourth-order valence-corrected chi connectivity index (χ4v) is 2.18. The van der Waals surface area contributed by atoms with E-state index in [0.29, 0.717) is 6.42 Å². The number of hydrogen-bond donors (Lipinski definition) is 0. The van der Waals surface area contributed by atoms with Gasteiger partial charge in [0.05, 0.1) is 0 Å². The molecule has 0 radical (unpaired) electrons. The van der Waals surface area contributed by atoms with E-state index in [-0.39, 0.29) is 0 Å². The van der Waals surface area contributed by atoms with Gasteiger partial charge in [-0.15, -0.1) is 0 Å². The Morgan fingerprint density at radius 2 is 1.71 bits per heavy atom. The normalized spacial score (nSPS) is 19.0. The van der Waals surface area contributed by atoms with Crippen molar-refractivity contribution < 1.29 is 19.1 Å². The Labute approximate surface area is 124 Å². The summed E-state index contributed by atoms with van der Waals surface area (Å²) in [5.41, 5.74) is 0.842. The Kier molecular flexibility index (Phi) is 4.32. The van der Waals surface area contributed by atoms with Gasteiger partial charge in [0.2, 0.25) is 0 Å². The van der Waals surface area contributed by atoms with Crippen LogP contribution in [0.4, 0.5) is 0 Å². The average Bonchev–Trinajstić information content (AvgIpc) is 2.41. The van der Waals surface area contributed by atoms with Crippen molar-refractivity contribution in [3.63, 3.8) is 0 Å². The lowest BCUT2D eigenvalue weighted by atomic mass is 9.89. The molecule has 0 aliphatic carbocycles. The molecule has 0 aromatic heterocycles. The Bertz CT molecular complexity index is 572.